The van der Waals surface area contributed by atoms with E-state index in [-0.39, 0.29) is 46.4 Å². The van der Waals surface area contributed by atoms with Crippen LogP contribution in [0.3, 0.4) is 0 Å². The fourth-order valence-corrected chi connectivity index (χ4v) is 10.7. The van der Waals surface area contributed by atoms with E-state index in [0.29, 0.717) is 32.2 Å². The predicted molar refractivity (Wildman–Crippen MR) is 212 cm³/mol. The van der Waals surface area contributed by atoms with Crippen molar-refractivity contribution in [2.45, 2.75) is 109 Å². The summed E-state index contributed by atoms with van der Waals surface area (Å²) in [6, 6.07) is 6.95. The summed E-state index contributed by atoms with van der Waals surface area (Å²) < 4.78 is 28.0. The van der Waals surface area contributed by atoms with Crippen LogP contribution >= 0.6 is 11.3 Å². The van der Waals surface area contributed by atoms with E-state index in [9.17, 15) is 32.4 Å². The van der Waals surface area contributed by atoms with E-state index in [0.717, 1.165) is 28.9 Å². The van der Waals surface area contributed by atoms with E-state index in [2.05, 4.69) is 35.1 Å². The number of sulfonamides is 1. The lowest BCUT2D eigenvalue weighted by atomic mass is 9.86. The first-order valence-corrected chi connectivity index (χ1v) is 21.7. The van der Waals surface area contributed by atoms with Crippen LogP contribution < -0.4 is 21.3 Å². The molecule has 15 heteroatoms. The van der Waals surface area contributed by atoms with Crippen LogP contribution in [0.1, 0.15) is 78.9 Å². The Kier molecular flexibility index (Phi) is 12.9. The van der Waals surface area contributed by atoms with E-state index >= 15 is 0 Å². The van der Waals surface area contributed by atoms with Crippen LogP contribution in [0.4, 0.5) is 4.79 Å². The Hall–Kier alpha value is -3.82. The first kappa shape index (κ1) is 42.3. The van der Waals surface area contributed by atoms with Crippen molar-refractivity contribution < 1.29 is 32.4 Å². The summed E-state index contributed by atoms with van der Waals surface area (Å²) >= 11 is 1.12. The Morgan fingerprint density at radius 1 is 0.982 bits per heavy atom. The van der Waals surface area contributed by atoms with E-state index in [1.54, 1.807) is 29.3 Å². The molecule has 0 spiro atoms. The van der Waals surface area contributed by atoms with Gasteiger partial charge in [-0.05, 0) is 77.3 Å². The molecule has 1 aromatic heterocycles. The lowest BCUT2D eigenvalue weighted by Gasteiger charge is -2.37. The number of benzene rings is 1. The predicted octanol–water partition coefficient (Wildman–Crippen LogP) is 3.73. The van der Waals surface area contributed by atoms with Gasteiger partial charge in [-0.2, -0.15) is 4.31 Å². The molecular weight excluding hydrogens is 741 g/mol. The third-order valence-corrected chi connectivity index (χ3v) is 15.1. The second kappa shape index (κ2) is 16.7. The van der Waals surface area contributed by atoms with Crippen molar-refractivity contribution in [3.8, 4) is 0 Å². The van der Waals surface area contributed by atoms with Gasteiger partial charge in [-0.15, -0.1) is 11.3 Å². The smallest absolute Gasteiger partial charge is 0.315 e. The van der Waals surface area contributed by atoms with Gasteiger partial charge in [0.1, 0.15) is 16.3 Å². The summed E-state index contributed by atoms with van der Waals surface area (Å²) in [6.45, 7) is 14.1. The minimum atomic E-state index is -3.79. The van der Waals surface area contributed by atoms with Gasteiger partial charge in [0.2, 0.25) is 17.6 Å². The molecule has 1 unspecified atom stereocenters. The average molecular weight is 799 g/mol. The molecule has 55 heavy (non-hydrogen) atoms. The highest BCUT2D eigenvalue weighted by Gasteiger charge is 2.70. The van der Waals surface area contributed by atoms with Crippen molar-refractivity contribution in [3.63, 3.8) is 0 Å². The summed E-state index contributed by atoms with van der Waals surface area (Å²) in [7, 11) is -2.31. The quantitative estimate of drug-likeness (QED) is 0.187. The number of carbonyl (C=O) groups excluding carboxylic acids is 5. The number of urea groups is 1. The molecule has 1 aliphatic heterocycles. The minimum Gasteiger partial charge on any atom is -0.350 e. The maximum atomic E-state index is 14.9. The van der Waals surface area contributed by atoms with Crippen LogP contribution in [-0.4, -0.2) is 98.0 Å². The van der Waals surface area contributed by atoms with Crippen LogP contribution in [0.25, 0.3) is 0 Å². The van der Waals surface area contributed by atoms with Crippen molar-refractivity contribution in [1.29, 1.82) is 0 Å². The van der Waals surface area contributed by atoms with Crippen LogP contribution in [0, 0.1) is 28.6 Å². The van der Waals surface area contributed by atoms with Gasteiger partial charge in [-0.3, -0.25) is 19.2 Å². The Morgan fingerprint density at radius 3 is 2.20 bits per heavy atom. The molecule has 2 aromatic rings. The van der Waals surface area contributed by atoms with Gasteiger partial charge in [-0.1, -0.05) is 84.7 Å². The van der Waals surface area contributed by atoms with Crippen LogP contribution in [-0.2, 0) is 42.0 Å². The number of carbonyl (C=O) groups is 5. The van der Waals surface area contributed by atoms with Crippen molar-refractivity contribution in [1.82, 2.24) is 30.5 Å². The highest BCUT2D eigenvalue weighted by atomic mass is 32.2. The van der Waals surface area contributed by atoms with Crippen molar-refractivity contribution >= 4 is 50.9 Å². The summed E-state index contributed by atoms with van der Waals surface area (Å²) in [5, 5.41) is 13.1. The number of fused-ring (bicyclic) bond motifs is 2. The molecule has 0 bridgehead atoms. The SMILES string of the molecule is CCCCC(NC(=O)[C@@H]1[C@@H]2[C@H](CN1C(=O)[C@@H](NC(=O)N[C@H](CN(C)S(=O)(=O)c1cccs1)C(C)(C)C)C1Cc3ccccc3C1)C2(C)C)C(=O)C(=O)NCC. The second-order valence-corrected chi connectivity index (χ2v) is 20.2. The van der Waals surface area contributed by atoms with Gasteiger partial charge in [0.25, 0.3) is 15.9 Å². The number of likely N-dealkylation sites (N-methyl/N-ethyl adjacent to an activating group) is 2. The van der Waals surface area contributed by atoms with E-state index in [1.165, 1.54) is 11.4 Å². The Balaban J connectivity index is 1.40. The normalized spacial score (nSPS) is 21.9. The lowest BCUT2D eigenvalue weighted by Crippen LogP contribution is -2.61. The third kappa shape index (κ3) is 9.09. The summed E-state index contributed by atoms with van der Waals surface area (Å²) in [5.41, 5.74) is 1.39. The zero-order chi connectivity index (χ0) is 40.5. The van der Waals surface area contributed by atoms with E-state index in [4.69, 9.17) is 0 Å². The van der Waals surface area contributed by atoms with Crippen molar-refractivity contribution in [2.75, 3.05) is 26.7 Å². The van der Waals surface area contributed by atoms with Crippen LogP contribution in [0.15, 0.2) is 46.0 Å². The number of Topliss-reactive ketones (excluding diaryl/α,β-unsaturated/α-hetero) is 1. The number of nitrogens with zero attached hydrogens (tertiary/aromatic N) is 2. The Morgan fingerprint density at radius 2 is 1.64 bits per heavy atom. The lowest BCUT2D eigenvalue weighted by molar-refractivity contribution is -0.144. The van der Waals surface area contributed by atoms with Crippen LogP contribution in [0.5, 0.6) is 0 Å². The van der Waals surface area contributed by atoms with Crippen LogP contribution in [0.2, 0.25) is 0 Å². The molecule has 5 rings (SSSR count). The van der Waals surface area contributed by atoms with Gasteiger partial charge in [0.05, 0.1) is 6.04 Å². The van der Waals surface area contributed by atoms with Crippen molar-refractivity contribution in [3.05, 3.63) is 52.9 Å². The molecule has 0 radical (unpaired) electrons. The molecule has 1 saturated carbocycles. The van der Waals surface area contributed by atoms with Gasteiger partial charge < -0.3 is 26.2 Å². The number of likely N-dealkylation sites (tertiary alicyclic amines) is 1. The number of piperidine rings is 1. The molecule has 4 N–H and O–H groups in total. The number of nitrogens with one attached hydrogen (secondary N) is 4. The molecule has 2 aliphatic carbocycles. The monoisotopic (exact) mass is 798 g/mol. The number of thiophene rings is 1. The van der Waals surface area contributed by atoms with Crippen molar-refractivity contribution in [2.24, 2.45) is 28.6 Å². The first-order chi connectivity index (χ1) is 25.8. The number of ketones is 1. The maximum absolute atomic E-state index is 14.9. The largest absolute Gasteiger partial charge is 0.350 e. The van der Waals surface area contributed by atoms with Gasteiger partial charge >= 0.3 is 6.03 Å². The van der Waals surface area contributed by atoms with Gasteiger partial charge in [-0.25, -0.2) is 13.2 Å². The summed E-state index contributed by atoms with van der Waals surface area (Å²) in [5.74, 6) is -2.77. The van der Waals surface area contributed by atoms with Gasteiger partial charge in [0.15, 0.2) is 0 Å². The number of rotatable bonds is 16. The number of unbranched alkanes of at least 4 members (excludes halogenated alkanes) is 1. The number of amides is 5. The van der Waals surface area contributed by atoms with E-state index in [1.807, 2.05) is 52.0 Å². The topological polar surface area (TPSA) is 174 Å². The molecule has 13 nitrogen and oxygen atoms in total. The number of hydrogen-bond acceptors (Lipinski definition) is 8. The number of hydrogen-bond donors (Lipinski definition) is 4. The molecule has 2 fully saturated rings. The maximum Gasteiger partial charge on any atom is 0.315 e. The molecule has 6 atom stereocenters. The first-order valence-electron chi connectivity index (χ1n) is 19.4. The minimum absolute atomic E-state index is 0.00829. The Labute approximate surface area is 329 Å². The molecule has 2 heterocycles. The summed E-state index contributed by atoms with van der Waals surface area (Å²) in [6.07, 6.45) is 2.76. The molecule has 1 saturated heterocycles. The highest BCUT2D eigenvalue weighted by Crippen LogP contribution is 2.65. The third-order valence-electron chi connectivity index (χ3n) is 11.9. The summed E-state index contributed by atoms with van der Waals surface area (Å²) in [4.78, 5) is 70.5. The highest BCUT2D eigenvalue weighted by molar-refractivity contribution is 7.91. The van der Waals surface area contributed by atoms with Gasteiger partial charge in [0, 0.05) is 32.7 Å². The zero-order valence-corrected chi connectivity index (χ0v) is 34.9. The molecule has 302 valence electrons. The standard InChI is InChI=1S/C40H58N6O7S2/c1-9-11-17-28(34(47)36(49)41-10-2)42-35(48)33-31-27(40(31,6)7)22-46(33)37(50)32(26-20-24-15-12-13-16-25(24)21-26)44-38(51)43-29(39(3,4)5)23-45(8)55(52,53)30-18-14-19-54-30/h12-16,18-19,26-29,31-33H,9-11,17,20-23H2,1-8H3,(H,41,49)(H,42,48)(H2,43,44,51)/t27-,28?,29+,31-,32-,33-/m0/s1. The second-order valence-electron chi connectivity index (χ2n) is 17.0. The Bertz CT molecular complexity index is 1830. The molecule has 1 aromatic carbocycles. The average Bonchev–Trinajstić information content (AvgIpc) is 3.73. The van der Waals surface area contributed by atoms with E-state index < -0.39 is 63.2 Å². The molecular formula is C40H58N6O7S2. The fraction of sp³-hybridized carbons (Fsp3) is 0.625. The zero-order valence-electron chi connectivity index (χ0n) is 33.3. The fourth-order valence-electron chi connectivity index (χ4n) is 8.34. The molecule has 3 aliphatic rings. The molecule has 5 amide bonds.